The molecule has 26 heavy (non-hydrogen) atoms. The lowest BCUT2D eigenvalue weighted by atomic mass is 10.1. The second-order valence-electron chi connectivity index (χ2n) is 5.25. The third kappa shape index (κ3) is 3.55. The van der Waals surface area contributed by atoms with Crippen molar-refractivity contribution < 1.29 is 24.5 Å². The number of methoxy groups -OCH3 is 2. The first-order chi connectivity index (χ1) is 12.5. The van der Waals surface area contributed by atoms with E-state index in [0.29, 0.717) is 22.3 Å². The van der Waals surface area contributed by atoms with Gasteiger partial charge in [0.1, 0.15) is 0 Å². The third-order valence-electron chi connectivity index (χ3n) is 3.65. The van der Waals surface area contributed by atoms with E-state index in [4.69, 9.17) is 14.6 Å². The first-order valence-electron chi connectivity index (χ1n) is 7.51. The molecule has 8 heteroatoms. The molecule has 0 fully saturated rings. The number of aromatic carboxylic acids is 1. The van der Waals surface area contributed by atoms with Gasteiger partial charge in [0, 0.05) is 16.6 Å². The number of nitrogens with zero attached hydrogens (tertiary/aromatic N) is 1. The average molecular weight is 371 g/mol. The number of benzene rings is 2. The van der Waals surface area contributed by atoms with Crippen molar-refractivity contribution in [2.24, 2.45) is 0 Å². The van der Waals surface area contributed by atoms with Gasteiger partial charge < -0.3 is 25.0 Å². The van der Waals surface area contributed by atoms with E-state index in [9.17, 15) is 9.90 Å². The molecule has 0 radical (unpaired) electrons. The number of ether oxygens (including phenoxy) is 2. The van der Waals surface area contributed by atoms with Crippen molar-refractivity contribution in [3.8, 4) is 28.5 Å². The van der Waals surface area contributed by atoms with Crippen LogP contribution in [0.3, 0.4) is 0 Å². The van der Waals surface area contributed by atoms with E-state index in [1.807, 2.05) is 17.5 Å². The molecule has 1 heterocycles. The molecule has 134 valence electrons. The van der Waals surface area contributed by atoms with Gasteiger partial charge in [0.15, 0.2) is 16.6 Å². The quantitative estimate of drug-likeness (QED) is 0.685. The van der Waals surface area contributed by atoms with Crippen LogP contribution < -0.4 is 19.9 Å². The van der Waals surface area contributed by atoms with Crippen molar-refractivity contribution in [2.75, 3.05) is 19.5 Å². The predicted octanol–water partition coefficient (Wildman–Crippen LogP) is 3.34. The molecule has 0 aliphatic heterocycles. The minimum absolute atomic E-state index is 0.263. The molecule has 0 amide bonds. The van der Waals surface area contributed by atoms with Crippen molar-refractivity contribution in [2.45, 2.75) is 0 Å². The van der Waals surface area contributed by atoms with Gasteiger partial charge >= 0.3 is 5.97 Å². The topological polar surface area (TPSA) is 104 Å². The smallest absolute Gasteiger partial charge is 0.335 e. The zero-order chi connectivity index (χ0) is 18.7. The van der Waals surface area contributed by atoms with Gasteiger partial charge in [-0.15, -0.1) is 11.3 Å². The predicted molar refractivity (Wildman–Crippen MR) is 96.8 cm³/mol. The lowest BCUT2D eigenvalue weighted by molar-refractivity contribution is -0.268. The Morgan fingerprint density at radius 2 is 1.92 bits per heavy atom. The molecular formula is C18H15N2O5S-. The van der Waals surface area contributed by atoms with E-state index < -0.39 is 11.7 Å². The van der Waals surface area contributed by atoms with Crippen LogP contribution in [0.4, 0.5) is 10.8 Å². The molecule has 2 aromatic carbocycles. The number of carbonyl (C=O) groups is 1. The number of rotatable bonds is 6. The Hall–Kier alpha value is -3.26. The summed E-state index contributed by atoms with van der Waals surface area (Å²) in [6.07, 6.45) is 0. The molecule has 0 saturated heterocycles. The van der Waals surface area contributed by atoms with Gasteiger partial charge in [-0.25, -0.2) is 9.78 Å². The Morgan fingerprint density at radius 3 is 2.58 bits per heavy atom. The maximum Gasteiger partial charge on any atom is 0.335 e. The van der Waals surface area contributed by atoms with Gasteiger partial charge in [-0.05, 0) is 36.4 Å². The van der Waals surface area contributed by atoms with Crippen LogP contribution in [0.5, 0.6) is 17.2 Å². The number of nitrogens with one attached hydrogen (secondary N) is 1. The summed E-state index contributed by atoms with van der Waals surface area (Å²) in [6.45, 7) is 0. The molecule has 0 atom stereocenters. The summed E-state index contributed by atoms with van der Waals surface area (Å²) < 4.78 is 10.5. The van der Waals surface area contributed by atoms with Crippen molar-refractivity contribution in [1.82, 2.24) is 4.98 Å². The van der Waals surface area contributed by atoms with Crippen LogP contribution in [-0.4, -0.2) is 30.3 Å². The second-order valence-corrected chi connectivity index (χ2v) is 6.11. The number of thiazole rings is 1. The van der Waals surface area contributed by atoms with E-state index in [1.54, 1.807) is 20.3 Å². The van der Waals surface area contributed by atoms with Crippen molar-refractivity contribution in [3.05, 3.63) is 47.3 Å². The minimum atomic E-state index is -1.24. The molecule has 1 aromatic heterocycles. The summed E-state index contributed by atoms with van der Waals surface area (Å²) in [5.74, 6) is -0.565. The highest BCUT2D eigenvalue weighted by molar-refractivity contribution is 7.14. The van der Waals surface area contributed by atoms with Gasteiger partial charge in [0.05, 0.1) is 25.5 Å². The fraction of sp³-hybridized carbons (Fsp3) is 0.111. The zero-order valence-electron chi connectivity index (χ0n) is 14.0. The highest BCUT2D eigenvalue weighted by Gasteiger charge is 2.10. The van der Waals surface area contributed by atoms with Crippen molar-refractivity contribution in [1.29, 1.82) is 0 Å². The van der Waals surface area contributed by atoms with E-state index >= 15 is 0 Å². The van der Waals surface area contributed by atoms with E-state index in [0.717, 1.165) is 11.3 Å². The number of carboxylic acid groups (broad SMARTS) is 1. The summed E-state index contributed by atoms with van der Waals surface area (Å²) in [7, 11) is 3.14. The number of aromatic nitrogens is 1. The number of hydrogen-bond donors (Lipinski definition) is 2. The monoisotopic (exact) mass is 371 g/mol. The lowest BCUT2D eigenvalue weighted by Crippen LogP contribution is -2.04. The minimum Gasteiger partial charge on any atom is -0.872 e. The number of hydrogen-bond acceptors (Lipinski definition) is 7. The van der Waals surface area contributed by atoms with Crippen LogP contribution in [0.2, 0.25) is 0 Å². The Labute approximate surface area is 153 Å². The molecule has 0 aliphatic carbocycles. The van der Waals surface area contributed by atoms with Gasteiger partial charge in [0.25, 0.3) is 0 Å². The summed E-state index contributed by atoms with van der Waals surface area (Å²) in [6, 6.07) is 9.54. The van der Waals surface area contributed by atoms with E-state index in [-0.39, 0.29) is 5.56 Å². The van der Waals surface area contributed by atoms with Gasteiger partial charge in [0.2, 0.25) is 0 Å². The van der Waals surface area contributed by atoms with Crippen LogP contribution in [-0.2, 0) is 0 Å². The summed E-state index contributed by atoms with van der Waals surface area (Å²) in [5.41, 5.74) is 1.81. The lowest BCUT2D eigenvalue weighted by Gasteiger charge is -2.12. The average Bonchev–Trinajstić information content (AvgIpc) is 3.09. The molecule has 0 bridgehead atoms. The SMILES string of the molecule is COc1ccc(-c2csc(Nc3ccc(C(=O)O)c([O-])c3)n2)cc1OC. The van der Waals surface area contributed by atoms with E-state index in [2.05, 4.69) is 10.3 Å². The fourth-order valence-electron chi connectivity index (χ4n) is 2.36. The fourth-order valence-corrected chi connectivity index (χ4v) is 3.10. The third-order valence-corrected chi connectivity index (χ3v) is 4.40. The molecule has 0 aliphatic rings. The number of carboxylic acids is 1. The standard InChI is InChI=1S/C18H16N2O5S/c1-24-15-6-3-10(7-16(15)25-2)13-9-26-18(20-13)19-11-4-5-12(17(22)23)14(21)8-11/h3-9,21H,1-2H3,(H,19,20)(H,22,23)/p-1. The first kappa shape index (κ1) is 17.6. The zero-order valence-corrected chi connectivity index (χ0v) is 14.8. The summed E-state index contributed by atoms with van der Waals surface area (Å²) in [5, 5.41) is 26.1. The van der Waals surface area contributed by atoms with Gasteiger partial charge in [-0.3, -0.25) is 0 Å². The highest BCUT2D eigenvalue weighted by Crippen LogP contribution is 2.34. The van der Waals surface area contributed by atoms with Crippen LogP contribution in [0.25, 0.3) is 11.3 Å². The highest BCUT2D eigenvalue weighted by atomic mass is 32.1. The summed E-state index contributed by atoms with van der Waals surface area (Å²) in [4.78, 5) is 15.4. The molecule has 7 nitrogen and oxygen atoms in total. The normalized spacial score (nSPS) is 10.4. The van der Waals surface area contributed by atoms with Gasteiger partial charge in [-0.1, -0.05) is 5.75 Å². The van der Waals surface area contributed by atoms with Crippen LogP contribution in [0.15, 0.2) is 41.8 Å². The maximum absolute atomic E-state index is 11.8. The number of anilines is 2. The molecule has 2 N–H and O–H groups in total. The molecular weight excluding hydrogens is 356 g/mol. The van der Waals surface area contributed by atoms with Crippen molar-refractivity contribution in [3.63, 3.8) is 0 Å². The van der Waals surface area contributed by atoms with Crippen molar-refractivity contribution >= 4 is 28.1 Å². The van der Waals surface area contributed by atoms with Crippen LogP contribution >= 0.6 is 11.3 Å². The summed E-state index contributed by atoms with van der Waals surface area (Å²) >= 11 is 1.37. The Morgan fingerprint density at radius 1 is 1.15 bits per heavy atom. The van der Waals surface area contributed by atoms with Crippen LogP contribution in [0.1, 0.15) is 10.4 Å². The first-order valence-corrected chi connectivity index (χ1v) is 8.39. The molecule has 0 saturated carbocycles. The molecule has 3 aromatic rings. The van der Waals surface area contributed by atoms with E-state index in [1.165, 1.54) is 29.5 Å². The molecule has 0 spiro atoms. The molecule has 0 unspecified atom stereocenters. The van der Waals surface area contributed by atoms with Crippen LogP contribution in [0, 0.1) is 0 Å². The maximum atomic E-state index is 11.8. The van der Waals surface area contributed by atoms with Gasteiger partial charge in [-0.2, -0.15) is 0 Å². The Kier molecular flexibility index (Phi) is 4.94. The second kappa shape index (κ2) is 7.32. The largest absolute Gasteiger partial charge is 0.872 e. The Balaban J connectivity index is 1.82. The molecule has 3 rings (SSSR count). The Bertz CT molecular complexity index is 955.